The van der Waals surface area contributed by atoms with Crippen molar-refractivity contribution in [2.24, 2.45) is 0 Å². The van der Waals surface area contributed by atoms with E-state index in [4.69, 9.17) is 21.1 Å². The lowest BCUT2D eigenvalue weighted by Crippen LogP contribution is -2.44. The number of ether oxygens (including phenoxy) is 2. The number of carbonyl (C=O) groups is 2. The van der Waals surface area contributed by atoms with Gasteiger partial charge in [-0.3, -0.25) is 5.32 Å². The highest BCUT2D eigenvalue weighted by Gasteiger charge is 2.26. The fraction of sp³-hybridized carbons (Fsp3) is 0.417. The van der Waals surface area contributed by atoms with Crippen molar-refractivity contribution in [3.8, 4) is 6.07 Å². The Morgan fingerprint density at radius 3 is 2.51 bits per heavy atom. The van der Waals surface area contributed by atoms with Crippen LogP contribution >= 0.6 is 11.6 Å². The second-order valence-corrected chi connectivity index (χ2v) is 9.57. The minimum absolute atomic E-state index is 0.0246. The third kappa shape index (κ3) is 5.83. The number of nitrogens with zero attached hydrogens (tertiary/aromatic N) is 6. The van der Waals surface area contributed by atoms with Gasteiger partial charge in [0.05, 0.1) is 36.8 Å². The van der Waals surface area contributed by atoms with Gasteiger partial charge in [-0.15, -0.1) is 5.10 Å². The number of aromatic nitrogens is 4. The number of piperidine rings is 1. The normalized spacial score (nSPS) is 15.4. The number of imidazole rings is 1. The summed E-state index contributed by atoms with van der Waals surface area (Å²) in [5.74, 6) is 0.682. The van der Waals surface area contributed by atoms with Crippen molar-refractivity contribution < 1.29 is 19.1 Å². The summed E-state index contributed by atoms with van der Waals surface area (Å²) in [6.45, 7) is 1.21. The number of alkyl carbamates (subject to hydrolysis) is 1. The minimum Gasteiger partial charge on any atom is -0.453 e. The van der Waals surface area contributed by atoms with Gasteiger partial charge in [-0.2, -0.15) is 14.8 Å². The van der Waals surface area contributed by atoms with Crippen LogP contribution in [0.3, 0.4) is 0 Å². The zero-order chi connectivity index (χ0) is 27.5. The molecule has 1 saturated heterocycles. The van der Waals surface area contributed by atoms with Crippen LogP contribution in [0.1, 0.15) is 31.4 Å². The molecule has 0 radical (unpaired) electrons. The Labute approximate surface area is 228 Å². The summed E-state index contributed by atoms with van der Waals surface area (Å²) in [7, 11) is 2.61. The summed E-state index contributed by atoms with van der Waals surface area (Å²) in [4.78, 5) is 34.6. The molecular weight excluding hydrogens is 528 g/mol. The zero-order valence-corrected chi connectivity index (χ0v) is 22.1. The Hall–Kier alpha value is -4.51. The molecule has 0 spiro atoms. The first-order chi connectivity index (χ1) is 18.9. The lowest BCUT2D eigenvalue weighted by Gasteiger charge is -2.34. The standard InChI is InChI=1S/C24H27ClN10O4/c1-38-23(36)29-14-5-7-34(8-6-14)18-10-15(30-24(37)39-2)9-17(19(18)25)31-22-32-20(28-13-3-4-13)21-27-12-16(11-26)35(21)33-22/h9-10,12-14H,3-8H2,1-2H3,(H,29,36)(H,30,37)(H2,28,31,32,33). The van der Waals surface area contributed by atoms with Gasteiger partial charge in [0.1, 0.15) is 6.07 Å². The van der Waals surface area contributed by atoms with Gasteiger partial charge < -0.3 is 30.3 Å². The first kappa shape index (κ1) is 26.1. The number of halogens is 1. The Morgan fingerprint density at radius 1 is 1.10 bits per heavy atom. The summed E-state index contributed by atoms with van der Waals surface area (Å²) in [5, 5.41) is 26.4. The van der Waals surface area contributed by atoms with E-state index in [0.29, 0.717) is 59.5 Å². The topological polar surface area (TPSA) is 171 Å². The summed E-state index contributed by atoms with van der Waals surface area (Å²) in [6, 6.07) is 5.75. The quantitative estimate of drug-likeness (QED) is 0.337. The van der Waals surface area contributed by atoms with Crippen LogP contribution in [-0.4, -0.2) is 71.2 Å². The Balaban J connectivity index is 1.47. The number of nitriles is 1. The number of nitrogens with one attached hydrogen (secondary N) is 4. The number of hydrogen-bond donors (Lipinski definition) is 4. The lowest BCUT2D eigenvalue weighted by atomic mass is 10.0. The van der Waals surface area contributed by atoms with Crippen LogP contribution in [0, 0.1) is 11.3 Å². The molecular formula is C24H27ClN10O4. The number of benzene rings is 1. The van der Waals surface area contributed by atoms with Crippen molar-refractivity contribution in [3.63, 3.8) is 0 Å². The molecule has 1 saturated carbocycles. The molecule has 2 aliphatic rings. The van der Waals surface area contributed by atoms with Crippen molar-refractivity contribution >= 4 is 58.3 Å². The summed E-state index contributed by atoms with van der Waals surface area (Å²) in [5.41, 5.74) is 2.25. The number of amides is 2. The fourth-order valence-corrected chi connectivity index (χ4v) is 4.59. The summed E-state index contributed by atoms with van der Waals surface area (Å²) >= 11 is 6.89. The molecule has 1 aliphatic heterocycles. The molecule has 14 nitrogen and oxygen atoms in total. The smallest absolute Gasteiger partial charge is 0.411 e. The van der Waals surface area contributed by atoms with Gasteiger partial charge in [0.15, 0.2) is 17.2 Å². The van der Waals surface area contributed by atoms with Crippen LogP contribution in [0.4, 0.5) is 38.4 Å². The maximum Gasteiger partial charge on any atom is 0.411 e. The number of fused-ring (bicyclic) bond motifs is 1. The Kier molecular flexibility index (Phi) is 7.42. The van der Waals surface area contributed by atoms with E-state index in [1.54, 1.807) is 12.1 Å². The van der Waals surface area contributed by atoms with Gasteiger partial charge in [0.2, 0.25) is 5.95 Å². The predicted octanol–water partition coefficient (Wildman–Crippen LogP) is 3.47. The van der Waals surface area contributed by atoms with E-state index in [9.17, 15) is 14.9 Å². The Morgan fingerprint density at radius 2 is 1.85 bits per heavy atom. The molecule has 39 heavy (non-hydrogen) atoms. The molecule has 0 unspecified atom stereocenters. The SMILES string of the molecule is COC(=O)Nc1cc(Nc2nc(NC3CC3)c3ncc(C#N)n3n2)c(Cl)c(N2CCC(NC(=O)OC)CC2)c1. The predicted molar refractivity (Wildman–Crippen MR) is 144 cm³/mol. The minimum atomic E-state index is -0.638. The molecule has 0 atom stereocenters. The first-order valence-corrected chi connectivity index (χ1v) is 12.7. The van der Waals surface area contributed by atoms with Gasteiger partial charge in [-0.25, -0.2) is 14.6 Å². The maximum absolute atomic E-state index is 12.0. The maximum atomic E-state index is 12.0. The van der Waals surface area contributed by atoms with E-state index in [0.717, 1.165) is 12.8 Å². The average Bonchev–Trinajstić information content (AvgIpc) is 3.66. The highest BCUT2D eigenvalue weighted by molar-refractivity contribution is 6.36. The molecule has 0 bridgehead atoms. The molecule has 3 heterocycles. The van der Waals surface area contributed by atoms with Crippen molar-refractivity contribution in [2.45, 2.75) is 37.8 Å². The van der Waals surface area contributed by atoms with Crippen LogP contribution in [0.15, 0.2) is 18.3 Å². The third-order valence-electron chi connectivity index (χ3n) is 6.47. The van der Waals surface area contributed by atoms with E-state index in [1.807, 2.05) is 0 Å². The van der Waals surface area contributed by atoms with Gasteiger partial charge in [0.25, 0.3) is 0 Å². The average molecular weight is 555 g/mol. The molecule has 2 aromatic heterocycles. The van der Waals surface area contributed by atoms with Crippen molar-refractivity contribution in [2.75, 3.05) is 48.2 Å². The van der Waals surface area contributed by atoms with Gasteiger partial charge in [0, 0.05) is 30.9 Å². The van der Waals surface area contributed by atoms with E-state index in [-0.39, 0.29) is 23.7 Å². The summed E-state index contributed by atoms with van der Waals surface area (Å²) in [6.07, 6.45) is 3.73. The zero-order valence-electron chi connectivity index (χ0n) is 21.3. The number of rotatable bonds is 7. The molecule has 204 valence electrons. The van der Waals surface area contributed by atoms with Crippen molar-refractivity contribution in [1.29, 1.82) is 5.26 Å². The monoisotopic (exact) mass is 554 g/mol. The first-order valence-electron chi connectivity index (χ1n) is 12.4. The van der Waals surface area contributed by atoms with Crippen LogP contribution in [-0.2, 0) is 9.47 Å². The second kappa shape index (κ2) is 11.1. The molecule has 1 aromatic carbocycles. The van der Waals surface area contributed by atoms with Crippen LogP contribution in [0.5, 0.6) is 0 Å². The molecule has 3 aromatic rings. The summed E-state index contributed by atoms with van der Waals surface area (Å²) < 4.78 is 10.9. The lowest BCUT2D eigenvalue weighted by molar-refractivity contribution is 0.164. The Bertz CT molecular complexity index is 1440. The van der Waals surface area contributed by atoms with Gasteiger partial charge >= 0.3 is 12.2 Å². The number of anilines is 5. The number of methoxy groups -OCH3 is 2. The highest BCUT2D eigenvalue weighted by atomic mass is 35.5. The number of carbonyl (C=O) groups excluding carboxylic acids is 2. The van der Waals surface area contributed by atoms with E-state index in [2.05, 4.69) is 47.3 Å². The molecule has 5 rings (SSSR count). The molecule has 15 heteroatoms. The number of hydrogen-bond acceptors (Lipinski definition) is 11. The van der Waals surface area contributed by atoms with Crippen LogP contribution < -0.4 is 26.2 Å². The van der Waals surface area contributed by atoms with Gasteiger partial charge in [-0.1, -0.05) is 11.6 Å². The molecule has 2 fully saturated rings. The fourth-order valence-electron chi connectivity index (χ4n) is 4.31. The second-order valence-electron chi connectivity index (χ2n) is 9.19. The van der Waals surface area contributed by atoms with Crippen LogP contribution in [0.25, 0.3) is 5.65 Å². The van der Waals surface area contributed by atoms with E-state index in [1.165, 1.54) is 24.9 Å². The largest absolute Gasteiger partial charge is 0.453 e. The highest BCUT2D eigenvalue weighted by Crippen LogP contribution is 2.39. The van der Waals surface area contributed by atoms with E-state index < -0.39 is 12.2 Å². The molecule has 1 aliphatic carbocycles. The van der Waals surface area contributed by atoms with Crippen molar-refractivity contribution in [1.82, 2.24) is 24.9 Å². The van der Waals surface area contributed by atoms with Crippen LogP contribution in [0.2, 0.25) is 5.02 Å². The van der Waals surface area contributed by atoms with Gasteiger partial charge in [-0.05, 0) is 37.8 Å². The molecule has 4 N–H and O–H groups in total. The third-order valence-corrected chi connectivity index (χ3v) is 6.87. The van der Waals surface area contributed by atoms with Crippen molar-refractivity contribution in [3.05, 3.63) is 29.0 Å². The van der Waals surface area contributed by atoms with E-state index >= 15 is 0 Å². The molecule has 2 amide bonds.